The Labute approximate surface area is 155 Å². The van der Waals surface area contributed by atoms with E-state index in [1.807, 2.05) is 6.92 Å². The Balaban J connectivity index is 1.58. The van der Waals surface area contributed by atoms with Gasteiger partial charge in [-0.2, -0.15) is 0 Å². The number of hydrogen-bond acceptors (Lipinski definition) is 4. The summed E-state index contributed by atoms with van der Waals surface area (Å²) in [5.74, 6) is 2.72. The Morgan fingerprint density at radius 1 is 1.12 bits per heavy atom. The molecule has 1 aromatic rings. The maximum Gasteiger partial charge on any atom is 0.191 e. The fraction of sp³-hybridized carbons (Fsp3) is 0.773. The Hall–Kier alpha value is -1.13. The van der Waals surface area contributed by atoms with Gasteiger partial charge in [0.1, 0.15) is 5.76 Å². The zero-order chi connectivity index (χ0) is 18.4. The number of aromatic nitrogens is 1. The van der Waals surface area contributed by atoms with E-state index in [0.29, 0.717) is 24.1 Å². The van der Waals surface area contributed by atoms with Crippen LogP contribution in [0.25, 0.3) is 0 Å². The van der Waals surface area contributed by atoms with E-state index < -0.39 is 12.2 Å². The van der Waals surface area contributed by atoms with Crippen molar-refractivity contribution in [2.75, 3.05) is 0 Å². The highest BCUT2D eigenvalue weighted by atomic mass is 16.4. The molecule has 4 nitrogen and oxygen atoms in total. The predicted molar refractivity (Wildman–Crippen MR) is 98.4 cm³/mol. The molecule has 0 aliphatic heterocycles. The third-order valence-electron chi connectivity index (χ3n) is 8.98. The number of nitrogens with zero attached hydrogens (tertiary/aromatic N) is 1. The molecule has 0 bridgehead atoms. The quantitative estimate of drug-likeness (QED) is 0.698. The van der Waals surface area contributed by atoms with Crippen LogP contribution in [0.1, 0.15) is 56.9 Å². The Bertz CT molecular complexity index is 769. The highest BCUT2D eigenvalue weighted by molar-refractivity contribution is 5.26. The second-order valence-corrected chi connectivity index (χ2v) is 9.97. The minimum absolute atomic E-state index is 0.0229. The van der Waals surface area contributed by atoms with Gasteiger partial charge in [-0.1, -0.05) is 26.0 Å². The molecule has 4 aliphatic rings. The molecule has 2 N–H and O–H groups in total. The molecule has 3 saturated carbocycles. The fourth-order valence-corrected chi connectivity index (χ4v) is 7.47. The molecule has 1 heterocycles. The Kier molecular flexibility index (Phi) is 3.42. The monoisotopic (exact) mass is 357 g/mol. The predicted octanol–water partition coefficient (Wildman–Crippen LogP) is 3.44. The fourth-order valence-electron chi connectivity index (χ4n) is 7.47. The van der Waals surface area contributed by atoms with Crippen LogP contribution in [0.4, 0.5) is 0 Å². The van der Waals surface area contributed by atoms with E-state index in [-0.39, 0.29) is 22.7 Å². The van der Waals surface area contributed by atoms with Crippen molar-refractivity contribution in [2.24, 2.45) is 34.5 Å². The minimum Gasteiger partial charge on any atom is -0.446 e. The number of aliphatic hydroxyl groups is 2. The van der Waals surface area contributed by atoms with Crippen molar-refractivity contribution in [1.29, 1.82) is 0 Å². The van der Waals surface area contributed by atoms with Crippen LogP contribution >= 0.6 is 0 Å². The van der Waals surface area contributed by atoms with Crippen molar-refractivity contribution in [3.63, 3.8) is 0 Å². The van der Waals surface area contributed by atoms with Crippen LogP contribution in [0.15, 0.2) is 16.6 Å². The summed E-state index contributed by atoms with van der Waals surface area (Å²) in [5.41, 5.74) is 2.54. The molecule has 4 aliphatic carbocycles. The first-order valence-corrected chi connectivity index (χ1v) is 10.3. The molecule has 8 atom stereocenters. The van der Waals surface area contributed by atoms with Gasteiger partial charge in [-0.05, 0) is 60.7 Å². The maximum absolute atomic E-state index is 11.2. The first-order valence-electron chi connectivity index (χ1n) is 10.3. The Morgan fingerprint density at radius 3 is 2.65 bits per heavy atom. The standard InChI is InChI=1S/C22H31NO3/c1-11-5-6-13-18-14(7-8-21(11,13)3)22(4)10-16-17(26-12(2)23-16)9-15(22)19(24)20(18)25/h13-15,18-20,24-25H,1,5-10H2,2-4H3/t13-,14-,15+,18-,19+,20+,21+,22+/m0/s1. The molecule has 0 aromatic carbocycles. The van der Waals surface area contributed by atoms with Gasteiger partial charge in [0.15, 0.2) is 5.89 Å². The topological polar surface area (TPSA) is 66.5 Å². The van der Waals surface area contributed by atoms with Crippen molar-refractivity contribution in [1.82, 2.24) is 4.98 Å². The highest BCUT2D eigenvalue weighted by Gasteiger charge is 2.64. The smallest absolute Gasteiger partial charge is 0.191 e. The van der Waals surface area contributed by atoms with Gasteiger partial charge in [0.25, 0.3) is 0 Å². The number of rotatable bonds is 0. The SMILES string of the molecule is C=C1CC[C@H]2[C@@H]3[C@@H](O)[C@H](O)[C@H]4Cc5oc(C)nc5C[C@]4(C)[C@H]3CC[C@]12C. The van der Waals surface area contributed by atoms with Gasteiger partial charge >= 0.3 is 0 Å². The zero-order valence-corrected chi connectivity index (χ0v) is 16.2. The molecule has 26 heavy (non-hydrogen) atoms. The van der Waals surface area contributed by atoms with Crippen LogP contribution in [-0.2, 0) is 12.8 Å². The van der Waals surface area contributed by atoms with Crippen molar-refractivity contribution in [3.8, 4) is 0 Å². The van der Waals surface area contributed by atoms with Gasteiger partial charge in [-0.25, -0.2) is 4.98 Å². The van der Waals surface area contributed by atoms with Crippen molar-refractivity contribution in [2.45, 2.75) is 71.5 Å². The first kappa shape index (κ1) is 17.0. The third-order valence-corrected chi connectivity index (χ3v) is 8.98. The molecule has 0 unspecified atom stereocenters. The van der Waals surface area contributed by atoms with E-state index in [0.717, 1.165) is 43.6 Å². The number of oxazole rings is 1. The summed E-state index contributed by atoms with van der Waals surface area (Å²) in [5, 5.41) is 22.3. The van der Waals surface area contributed by atoms with Crippen LogP contribution in [-0.4, -0.2) is 27.4 Å². The van der Waals surface area contributed by atoms with E-state index in [2.05, 4.69) is 25.4 Å². The Morgan fingerprint density at radius 2 is 1.88 bits per heavy atom. The van der Waals surface area contributed by atoms with Gasteiger partial charge in [0, 0.05) is 19.3 Å². The largest absolute Gasteiger partial charge is 0.446 e. The lowest BCUT2D eigenvalue weighted by Crippen LogP contribution is -2.64. The molecular weight excluding hydrogens is 326 g/mol. The number of aliphatic hydroxyl groups excluding tert-OH is 2. The van der Waals surface area contributed by atoms with Crippen molar-refractivity contribution in [3.05, 3.63) is 29.5 Å². The lowest BCUT2D eigenvalue weighted by molar-refractivity contribution is -0.202. The second-order valence-electron chi connectivity index (χ2n) is 9.97. The summed E-state index contributed by atoms with van der Waals surface area (Å²) < 4.78 is 5.80. The summed E-state index contributed by atoms with van der Waals surface area (Å²) in [6.45, 7) is 10.9. The summed E-state index contributed by atoms with van der Waals surface area (Å²) in [7, 11) is 0. The van der Waals surface area contributed by atoms with Crippen LogP contribution in [0.3, 0.4) is 0 Å². The first-order chi connectivity index (χ1) is 12.3. The average Bonchev–Trinajstić information content (AvgIpc) is 3.09. The molecule has 0 spiro atoms. The van der Waals surface area contributed by atoms with Crippen LogP contribution in [0.5, 0.6) is 0 Å². The van der Waals surface area contributed by atoms with Gasteiger partial charge in [0.05, 0.1) is 17.9 Å². The van der Waals surface area contributed by atoms with Gasteiger partial charge in [0.2, 0.25) is 0 Å². The average molecular weight is 357 g/mol. The van der Waals surface area contributed by atoms with Crippen molar-refractivity contribution < 1.29 is 14.6 Å². The van der Waals surface area contributed by atoms with E-state index in [4.69, 9.17) is 4.42 Å². The van der Waals surface area contributed by atoms with Crippen LogP contribution in [0, 0.1) is 41.4 Å². The molecular formula is C22H31NO3. The van der Waals surface area contributed by atoms with Gasteiger partial charge < -0.3 is 14.6 Å². The lowest BCUT2D eigenvalue weighted by atomic mass is 9.44. The minimum atomic E-state index is -0.684. The number of allylic oxidation sites excluding steroid dienone is 1. The molecule has 0 saturated heterocycles. The van der Waals surface area contributed by atoms with E-state index >= 15 is 0 Å². The zero-order valence-electron chi connectivity index (χ0n) is 16.2. The van der Waals surface area contributed by atoms with Crippen molar-refractivity contribution >= 4 is 0 Å². The van der Waals surface area contributed by atoms with Crippen LogP contribution < -0.4 is 0 Å². The van der Waals surface area contributed by atoms with E-state index in [9.17, 15) is 10.2 Å². The molecule has 3 fully saturated rings. The van der Waals surface area contributed by atoms with Gasteiger partial charge in [-0.15, -0.1) is 0 Å². The summed E-state index contributed by atoms with van der Waals surface area (Å²) in [6.07, 6.45) is 4.68. The highest BCUT2D eigenvalue weighted by Crippen LogP contribution is 2.66. The molecule has 4 heteroatoms. The molecule has 142 valence electrons. The molecule has 5 rings (SSSR count). The molecule has 1 aromatic heterocycles. The maximum atomic E-state index is 11.2. The lowest BCUT2D eigenvalue weighted by Gasteiger charge is -2.62. The number of aryl methyl sites for hydroxylation is 1. The normalized spacial score (nSPS) is 50.0. The molecule has 0 amide bonds. The molecule has 0 radical (unpaired) electrons. The summed E-state index contributed by atoms with van der Waals surface area (Å²) in [4.78, 5) is 4.64. The van der Waals surface area contributed by atoms with E-state index in [1.54, 1.807) is 0 Å². The third kappa shape index (κ3) is 1.95. The number of fused-ring (bicyclic) bond motifs is 6. The van der Waals surface area contributed by atoms with E-state index in [1.165, 1.54) is 5.57 Å². The second kappa shape index (κ2) is 5.23. The van der Waals surface area contributed by atoms with Crippen LogP contribution in [0.2, 0.25) is 0 Å². The van der Waals surface area contributed by atoms with Gasteiger partial charge in [-0.3, -0.25) is 0 Å². The summed E-state index contributed by atoms with van der Waals surface area (Å²) >= 11 is 0. The summed E-state index contributed by atoms with van der Waals surface area (Å²) in [6, 6.07) is 0. The number of hydrogen-bond donors (Lipinski definition) is 2.